The Balaban J connectivity index is 1.59. The molecule has 1 aromatic carbocycles. The first-order valence-electron chi connectivity index (χ1n) is 8.67. The Bertz CT molecular complexity index is 880. The van der Waals surface area contributed by atoms with Crippen molar-refractivity contribution in [3.8, 4) is 0 Å². The van der Waals surface area contributed by atoms with Crippen molar-refractivity contribution in [2.45, 2.75) is 44.6 Å². The normalized spacial score (nSPS) is 19.6. The predicted octanol–water partition coefficient (Wildman–Crippen LogP) is 3.65. The number of fused-ring (bicyclic) bond motifs is 1. The van der Waals surface area contributed by atoms with Gasteiger partial charge < -0.3 is 5.32 Å². The number of hydrogen-bond acceptors (Lipinski definition) is 4. The molecule has 3 amide bonds. The summed E-state index contributed by atoms with van der Waals surface area (Å²) in [6.45, 7) is 1.74. The molecule has 0 radical (unpaired) electrons. The van der Waals surface area contributed by atoms with Gasteiger partial charge in [-0.1, -0.05) is 37.5 Å². The van der Waals surface area contributed by atoms with E-state index in [4.69, 9.17) is 0 Å². The number of Topliss-reactive ketones (excluding diaryl/α,β-unsaturated/α-hetero) is 1. The highest BCUT2D eigenvalue weighted by atomic mass is 32.1. The van der Waals surface area contributed by atoms with Gasteiger partial charge in [-0.15, -0.1) is 11.3 Å². The SMILES string of the molecule is Cc1c(C(=O)CN2C(=O)NC3(CCCCC3)C2=O)sc2ccccc12. The highest BCUT2D eigenvalue weighted by Gasteiger charge is 2.51. The van der Waals surface area contributed by atoms with Crippen molar-refractivity contribution < 1.29 is 14.4 Å². The van der Waals surface area contributed by atoms with Crippen molar-refractivity contribution in [3.63, 3.8) is 0 Å². The van der Waals surface area contributed by atoms with Gasteiger partial charge in [-0.05, 0) is 36.8 Å². The van der Waals surface area contributed by atoms with Gasteiger partial charge in [-0.2, -0.15) is 0 Å². The zero-order valence-electron chi connectivity index (χ0n) is 14.1. The summed E-state index contributed by atoms with van der Waals surface area (Å²) in [5, 5.41) is 3.91. The number of carbonyl (C=O) groups excluding carboxylic acids is 3. The molecule has 1 N–H and O–H groups in total. The second kappa shape index (κ2) is 5.95. The van der Waals surface area contributed by atoms with Gasteiger partial charge in [0.2, 0.25) is 0 Å². The fraction of sp³-hybridized carbons (Fsp3) is 0.421. The Labute approximate surface area is 150 Å². The lowest BCUT2D eigenvalue weighted by Gasteiger charge is -2.30. The van der Waals surface area contributed by atoms with Gasteiger partial charge in [0.15, 0.2) is 5.78 Å². The summed E-state index contributed by atoms with van der Waals surface area (Å²) in [6, 6.07) is 7.42. The summed E-state index contributed by atoms with van der Waals surface area (Å²) in [6.07, 6.45) is 4.30. The van der Waals surface area contributed by atoms with Crippen molar-refractivity contribution in [2.75, 3.05) is 6.54 Å². The molecule has 5 nitrogen and oxygen atoms in total. The molecule has 2 fully saturated rings. The average molecular weight is 356 g/mol. The molecular weight excluding hydrogens is 336 g/mol. The number of rotatable bonds is 3. The number of carbonyl (C=O) groups is 3. The lowest BCUT2D eigenvalue weighted by atomic mass is 9.82. The molecule has 2 aliphatic rings. The second-order valence-electron chi connectivity index (χ2n) is 6.94. The molecular formula is C19H20N2O3S. The molecule has 2 heterocycles. The minimum absolute atomic E-state index is 0.171. The Hall–Kier alpha value is -2.21. The van der Waals surface area contributed by atoms with E-state index in [-0.39, 0.29) is 18.2 Å². The van der Waals surface area contributed by atoms with Gasteiger partial charge in [0, 0.05) is 4.70 Å². The molecule has 0 atom stereocenters. The standard InChI is InChI=1S/C19H20N2O3S/c1-12-13-7-3-4-8-15(13)25-16(12)14(22)11-21-17(23)19(20-18(21)24)9-5-2-6-10-19/h3-4,7-8H,2,5-6,9-11H2,1H3,(H,20,24). The first kappa shape index (κ1) is 16.3. The second-order valence-corrected chi connectivity index (χ2v) is 7.99. The van der Waals surface area contributed by atoms with E-state index in [9.17, 15) is 14.4 Å². The summed E-state index contributed by atoms with van der Waals surface area (Å²) >= 11 is 1.43. The van der Waals surface area contributed by atoms with Crippen LogP contribution in [-0.4, -0.2) is 34.7 Å². The highest BCUT2D eigenvalue weighted by Crippen LogP contribution is 2.35. The predicted molar refractivity (Wildman–Crippen MR) is 97.0 cm³/mol. The molecule has 25 heavy (non-hydrogen) atoms. The number of thiophene rings is 1. The summed E-state index contributed by atoms with van der Waals surface area (Å²) < 4.78 is 1.05. The number of imide groups is 1. The van der Waals surface area contributed by atoms with Crippen molar-refractivity contribution in [2.24, 2.45) is 0 Å². The molecule has 0 unspecified atom stereocenters. The fourth-order valence-electron chi connectivity index (χ4n) is 3.97. The minimum Gasteiger partial charge on any atom is -0.323 e. The lowest BCUT2D eigenvalue weighted by molar-refractivity contribution is -0.132. The molecule has 0 bridgehead atoms. The van der Waals surface area contributed by atoms with E-state index < -0.39 is 11.6 Å². The number of benzene rings is 1. The summed E-state index contributed by atoms with van der Waals surface area (Å²) in [5.41, 5.74) is 0.148. The third-order valence-corrected chi connectivity index (χ3v) is 6.67. The van der Waals surface area contributed by atoms with Gasteiger partial charge in [-0.3, -0.25) is 14.5 Å². The number of nitrogens with zero attached hydrogens (tertiary/aromatic N) is 1. The fourth-order valence-corrected chi connectivity index (χ4v) is 5.11. The molecule has 1 aliphatic carbocycles. The van der Waals surface area contributed by atoms with Crippen LogP contribution in [0.1, 0.15) is 47.3 Å². The first-order valence-corrected chi connectivity index (χ1v) is 9.49. The lowest BCUT2D eigenvalue weighted by Crippen LogP contribution is -2.48. The molecule has 1 aliphatic heterocycles. The maximum atomic E-state index is 12.8. The molecule has 1 saturated heterocycles. The number of aryl methyl sites for hydroxylation is 1. The summed E-state index contributed by atoms with van der Waals surface area (Å²) in [5.74, 6) is -0.403. The van der Waals surface area contributed by atoms with Gasteiger partial charge in [0.1, 0.15) is 5.54 Å². The Morgan fingerprint density at radius 1 is 1.20 bits per heavy atom. The third kappa shape index (κ3) is 2.56. The summed E-state index contributed by atoms with van der Waals surface area (Å²) in [4.78, 5) is 39.7. The topological polar surface area (TPSA) is 66.5 Å². The van der Waals surface area contributed by atoms with E-state index in [2.05, 4.69) is 5.32 Å². The van der Waals surface area contributed by atoms with E-state index in [0.29, 0.717) is 17.7 Å². The van der Waals surface area contributed by atoms with Crippen molar-refractivity contribution >= 4 is 39.1 Å². The van der Waals surface area contributed by atoms with E-state index in [1.54, 1.807) is 0 Å². The quantitative estimate of drug-likeness (QED) is 0.674. The molecule has 6 heteroatoms. The van der Waals surface area contributed by atoms with Gasteiger partial charge in [0.25, 0.3) is 5.91 Å². The van der Waals surface area contributed by atoms with Gasteiger partial charge >= 0.3 is 6.03 Å². The smallest absolute Gasteiger partial charge is 0.323 e. The largest absolute Gasteiger partial charge is 0.325 e. The van der Waals surface area contributed by atoms with Crippen LogP contribution in [-0.2, 0) is 4.79 Å². The van der Waals surface area contributed by atoms with Crippen LogP contribution in [0.5, 0.6) is 0 Å². The minimum atomic E-state index is -0.773. The Morgan fingerprint density at radius 2 is 1.92 bits per heavy atom. The molecule has 1 spiro atoms. The van der Waals surface area contributed by atoms with E-state index in [0.717, 1.165) is 39.8 Å². The average Bonchev–Trinajstić information content (AvgIpc) is 3.06. The van der Waals surface area contributed by atoms with Gasteiger partial charge in [-0.25, -0.2) is 4.79 Å². The molecule has 1 saturated carbocycles. The zero-order chi connectivity index (χ0) is 17.6. The number of amides is 3. The van der Waals surface area contributed by atoms with E-state index in [1.807, 2.05) is 31.2 Å². The number of ketones is 1. The van der Waals surface area contributed by atoms with Crippen molar-refractivity contribution in [1.29, 1.82) is 0 Å². The first-order chi connectivity index (χ1) is 12.0. The molecule has 130 valence electrons. The van der Waals surface area contributed by atoms with Crippen LogP contribution >= 0.6 is 11.3 Å². The third-order valence-electron chi connectivity index (χ3n) is 5.35. The number of hydrogen-bond donors (Lipinski definition) is 1. The van der Waals surface area contributed by atoms with Crippen LogP contribution < -0.4 is 5.32 Å². The van der Waals surface area contributed by atoms with E-state index >= 15 is 0 Å². The van der Waals surface area contributed by atoms with Gasteiger partial charge in [0.05, 0.1) is 11.4 Å². The van der Waals surface area contributed by atoms with Crippen LogP contribution in [0.2, 0.25) is 0 Å². The maximum absolute atomic E-state index is 12.8. The molecule has 4 rings (SSSR count). The van der Waals surface area contributed by atoms with Crippen LogP contribution in [0.15, 0.2) is 24.3 Å². The maximum Gasteiger partial charge on any atom is 0.325 e. The molecule has 1 aromatic heterocycles. The Kier molecular flexibility index (Phi) is 3.87. The highest BCUT2D eigenvalue weighted by molar-refractivity contribution is 7.21. The van der Waals surface area contributed by atoms with Crippen LogP contribution in [0, 0.1) is 6.92 Å². The zero-order valence-corrected chi connectivity index (χ0v) is 14.9. The number of urea groups is 1. The Morgan fingerprint density at radius 3 is 2.64 bits per heavy atom. The van der Waals surface area contributed by atoms with Crippen LogP contribution in [0.3, 0.4) is 0 Å². The molecule has 2 aromatic rings. The van der Waals surface area contributed by atoms with Crippen LogP contribution in [0.4, 0.5) is 4.79 Å². The van der Waals surface area contributed by atoms with Crippen LogP contribution in [0.25, 0.3) is 10.1 Å². The number of nitrogens with one attached hydrogen (secondary N) is 1. The summed E-state index contributed by atoms with van der Waals surface area (Å²) in [7, 11) is 0. The van der Waals surface area contributed by atoms with Crippen molar-refractivity contribution in [3.05, 3.63) is 34.7 Å². The van der Waals surface area contributed by atoms with Crippen molar-refractivity contribution in [1.82, 2.24) is 10.2 Å². The monoisotopic (exact) mass is 356 g/mol. The van der Waals surface area contributed by atoms with E-state index in [1.165, 1.54) is 11.3 Å².